The van der Waals surface area contributed by atoms with Gasteiger partial charge in [-0.3, -0.25) is 13.9 Å². The van der Waals surface area contributed by atoms with Crippen molar-refractivity contribution < 1.29 is 18.0 Å². The van der Waals surface area contributed by atoms with E-state index >= 15 is 0 Å². The third-order valence-electron chi connectivity index (χ3n) is 5.21. The van der Waals surface area contributed by atoms with Gasteiger partial charge in [0.15, 0.2) is 0 Å². The zero-order valence-electron chi connectivity index (χ0n) is 19.3. The van der Waals surface area contributed by atoms with Crippen LogP contribution in [0.4, 0.5) is 5.69 Å². The van der Waals surface area contributed by atoms with Gasteiger partial charge in [0.25, 0.3) is 0 Å². The Morgan fingerprint density at radius 1 is 1.03 bits per heavy atom. The van der Waals surface area contributed by atoms with Crippen LogP contribution in [0.5, 0.6) is 0 Å². The molecule has 9 heteroatoms. The van der Waals surface area contributed by atoms with E-state index in [0.29, 0.717) is 18.7 Å². The van der Waals surface area contributed by atoms with Gasteiger partial charge < -0.3 is 10.2 Å². The van der Waals surface area contributed by atoms with Crippen LogP contribution in [-0.2, 0) is 26.2 Å². The monoisotopic (exact) mass is 537 g/mol. The van der Waals surface area contributed by atoms with E-state index in [4.69, 9.17) is 0 Å². The van der Waals surface area contributed by atoms with E-state index in [9.17, 15) is 18.0 Å². The van der Waals surface area contributed by atoms with Gasteiger partial charge in [-0.1, -0.05) is 66.5 Å². The first-order valence-electron chi connectivity index (χ1n) is 11.0. The minimum absolute atomic E-state index is 0.206. The van der Waals surface area contributed by atoms with Crippen molar-refractivity contribution in [2.75, 3.05) is 23.7 Å². The van der Waals surface area contributed by atoms with E-state index in [-0.39, 0.29) is 12.5 Å². The van der Waals surface area contributed by atoms with Crippen LogP contribution in [0.15, 0.2) is 59.1 Å². The van der Waals surface area contributed by atoms with Crippen LogP contribution in [0.3, 0.4) is 0 Å². The van der Waals surface area contributed by atoms with Gasteiger partial charge in [0.1, 0.15) is 12.6 Å². The maximum absolute atomic E-state index is 13.5. The van der Waals surface area contributed by atoms with Gasteiger partial charge in [-0.05, 0) is 42.7 Å². The fourth-order valence-electron chi connectivity index (χ4n) is 3.43. The summed E-state index contributed by atoms with van der Waals surface area (Å²) in [6.07, 6.45) is 3.27. The van der Waals surface area contributed by atoms with Crippen LogP contribution in [0.1, 0.15) is 38.7 Å². The van der Waals surface area contributed by atoms with E-state index in [1.54, 1.807) is 24.3 Å². The Kier molecular flexibility index (Phi) is 10.4. The summed E-state index contributed by atoms with van der Waals surface area (Å²) in [4.78, 5) is 27.9. The van der Waals surface area contributed by atoms with Crippen LogP contribution >= 0.6 is 15.9 Å². The molecule has 0 aromatic heterocycles. The number of unbranched alkanes of at least 4 members (excludes halogenated alkanes) is 1. The summed E-state index contributed by atoms with van der Waals surface area (Å²) in [6.45, 7) is 4.23. The molecule has 180 valence electrons. The third-order valence-corrected chi connectivity index (χ3v) is 6.87. The molecule has 2 rings (SSSR count). The Morgan fingerprint density at radius 2 is 1.67 bits per heavy atom. The predicted octanol–water partition coefficient (Wildman–Crippen LogP) is 3.94. The lowest BCUT2D eigenvalue weighted by Crippen LogP contribution is -2.52. The van der Waals surface area contributed by atoms with Crippen molar-refractivity contribution in [2.24, 2.45) is 0 Å². The molecule has 2 amide bonds. The second-order valence-electron chi connectivity index (χ2n) is 7.82. The average Bonchev–Trinajstić information content (AvgIpc) is 2.78. The quantitative estimate of drug-likeness (QED) is 0.415. The first-order chi connectivity index (χ1) is 15.7. The van der Waals surface area contributed by atoms with Crippen molar-refractivity contribution in [1.29, 1.82) is 0 Å². The smallest absolute Gasteiger partial charge is 0.244 e. The summed E-state index contributed by atoms with van der Waals surface area (Å²) in [7, 11) is -3.73. The largest absolute Gasteiger partial charge is 0.354 e. The minimum Gasteiger partial charge on any atom is -0.354 e. The molecule has 7 nitrogen and oxygen atoms in total. The fraction of sp³-hybridized carbons (Fsp3) is 0.417. The van der Waals surface area contributed by atoms with Crippen molar-refractivity contribution >= 4 is 43.5 Å². The second kappa shape index (κ2) is 12.7. The highest BCUT2D eigenvalue weighted by Crippen LogP contribution is 2.22. The highest BCUT2D eigenvalue weighted by molar-refractivity contribution is 9.10. The minimum atomic E-state index is -3.73. The van der Waals surface area contributed by atoms with Crippen molar-refractivity contribution in [3.05, 3.63) is 64.6 Å². The van der Waals surface area contributed by atoms with Gasteiger partial charge in [-0.2, -0.15) is 0 Å². The lowest BCUT2D eigenvalue weighted by Gasteiger charge is -2.33. The summed E-state index contributed by atoms with van der Waals surface area (Å²) in [5, 5.41) is 2.91. The topological polar surface area (TPSA) is 86.8 Å². The molecule has 33 heavy (non-hydrogen) atoms. The number of halogens is 1. The number of hydrogen-bond donors (Lipinski definition) is 1. The number of amides is 2. The molecule has 0 bridgehead atoms. The number of benzene rings is 2. The first-order valence-corrected chi connectivity index (χ1v) is 13.7. The van der Waals surface area contributed by atoms with Crippen LogP contribution in [0, 0.1) is 0 Å². The fourth-order valence-corrected chi connectivity index (χ4v) is 4.54. The van der Waals surface area contributed by atoms with Crippen LogP contribution in [0.25, 0.3) is 0 Å². The van der Waals surface area contributed by atoms with Crippen molar-refractivity contribution in [1.82, 2.24) is 10.2 Å². The number of carbonyl (C=O) groups excluding carboxylic acids is 2. The highest BCUT2D eigenvalue weighted by atomic mass is 79.9. The van der Waals surface area contributed by atoms with Gasteiger partial charge in [0.05, 0.1) is 11.9 Å². The van der Waals surface area contributed by atoms with E-state index in [2.05, 4.69) is 21.2 Å². The number of carbonyl (C=O) groups is 2. The van der Waals surface area contributed by atoms with E-state index < -0.39 is 28.5 Å². The number of anilines is 1. The average molecular weight is 539 g/mol. The molecular formula is C24H32BrN3O4S. The second-order valence-corrected chi connectivity index (χ2v) is 10.6. The molecule has 0 fully saturated rings. The van der Waals surface area contributed by atoms with Crippen LogP contribution < -0.4 is 9.62 Å². The summed E-state index contributed by atoms with van der Waals surface area (Å²) >= 11 is 3.34. The Labute approximate surface area is 205 Å². The molecule has 0 spiro atoms. The SMILES string of the molecule is CCCCNC(=O)[C@H](CC)N(Cc1ccccc1)C(=O)CN(c1ccc(Br)cc1)S(C)(=O)=O. The molecular weight excluding hydrogens is 506 g/mol. The maximum Gasteiger partial charge on any atom is 0.244 e. The predicted molar refractivity (Wildman–Crippen MR) is 135 cm³/mol. The molecule has 0 aliphatic heterocycles. The van der Waals surface area contributed by atoms with E-state index in [1.165, 1.54) is 4.90 Å². The number of sulfonamides is 1. The molecule has 0 unspecified atom stereocenters. The molecule has 2 aromatic rings. The number of nitrogens with one attached hydrogen (secondary N) is 1. The Bertz CT molecular complexity index is 1010. The summed E-state index contributed by atoms with van der Waals surface area (Å²) < 4.78 is 27.0. The normalized spacial score (nSPS) is 12.1. The molecule has 2 aromatic carbocycles. The zero-order valence-corrected chi connectivity index (χ0v) is 21.7. The maximum atomic E-state index is 13.5. The van der Waals surface area contributed by atoms with Gasteiger partial charge in [0, 0.05) is 17.6 Å². The number of hydrogen-bond acceptors (Lipinski definition) is 4. The van der Waals surface area contributed by atoms with Crippen molar-refractivity contribution in [3.8, 4) is 0 Å². The molecule has 0 saturated carbocycles. The van der Waals surface area contributed by atoms with E-state index in [1.807, 2.05) is 44.2 Å². The molecule has 0 radical (unpaired) electrons. The Morgan fingerprint density at radius 3 is 2.21 bits per heavy atom. The van der Waals surface area contributed by atoms with Gasteiger partial charge in [-0.25, -0.2) is 8.42 Å². The Balaban J connectivity index is 2.35. The summed E-state index contributed by atoms with van der Waals surface area (Å²) in [6, 6.07) is 15.4. The highest BCUT2D eigenvalue weighted by Gasteiger charge is 2.31. The summed E-state index contributed by atoms with van der Waals surface area (Å²) in [5.74, 6) is -0.672. The van der Waals surface area contributed by atoms with Gasteiger partial charge >= 0.3 is 0 Å². The zero-order chi connectivity index (χ0) is 24.4. The summed E-state index contributed by atoms with van der Waals surface area (Å²) in [5.41, 5.74) is 1.24. The molecule has 1 atom stereocenters. The van der Waals surface area contributed by atoms with Crippen molar-refractivity contribution in [3.63, 3.8) is 0 Å². The molecule has 1 N–H and O–H groups in total. The number of nitrogens with zero attached hydrogens (tertiary/aromatic N) is 2. The molecule has 0 aliphatic rings. The first kappa shape index (κ1) is 26.9. The number of rotatable bonds is 12. The standard InChI is InChI=1S/C24H32BrN3O4S/c1-4-6-16-26-24(30)22(5-2)27(17-19-10-8-7-9-11-19)23(29)18-28(33(3,31)32)21-14-12-20(25)13-15-21/h7-15,22H,4-6,16-18H2,1-3H3,(H,26,30)/t22-/m0/s1. The molecule has 0 heterocycles. The van der Waals surface area contributed by atoms with Gasteiger partial charge in [-0.15, -0.1) is 0 Å². The van der Waals surface area contributed by atoms with Gasteiger partial charge in [0.2, 0.25) is 21.8 Å². The molecule has 0 aliphatic carbocycles. The molecule has 0 saturated heterocycles. The lowest BCUT2D eigenvalue weighted by molar-refractivity contribution is -0.140. The van der Waals surface area contributed by atoms with Crippen molar-refractivity contribution in [2.45, 2.75) is 45.7 Å². The third kappa shape index (κ3) is 8.16. The Hall–Kier alpha value is -2.39. The van der Waals surface area contributed by atoms with Crippen LogP contribution in [0.2, 0.25) is 0 Å². The van der Waals surface area contributed by atoms with Crippen LogP contribution in [-0.4, -0.2) is 50.5 Å². The van der Waals surface area contributed by atoms with E-state index in [0.717, 1.165) is 33.4 Å². The lowest BCUT2D eigenvalue weighted by atomic mass is 10.1.